The Morgan fingerprint density at radius 1 is 1.08 bits per heavy atom. The summed E-state index contributed by atoms with van der Waals surface area (Å²) in [5.74, 6) is 0.994. The minimum absolute atomic E-state index is 0.0186. The van der Waals surface area contributed by atoms with E-state index in [9.17, 15) is 4.79 Å². The van der Waals surface area contributed by atoms with Gasteiger partial charge >= 0.3 is 0 Å². The fourth-order valence-corrected chi connectivity index (χ4v) is 3.39. The minimum Gasteiger partial charge on any atom is -0.493 e. The molecular formula is C22H21NO2. The van der Waals surface area contributed by atoms with Crippen molar-refractivity contribution < 1.29 is 9.53 Å². The zero-order chi connectivity index (χ0) is 17.2. The molecule has 0 aromatic heterocycles. The largest absolute Gasteiger partial charge is 0.493 e. The van der Waals surface area contributed by atoms with Crippen molar-refractivity contribution in [3.05, 3.63) is 77.4 Å². The first-order valence-corrected chi connectivity index (χ1v) is 8.72. The van der Waals surface area contributed by atoms with Crippen molar-refractivity contribution in [2.45, 2.75) is 25.8 Å². The highest BCUT2D eigenvalue weighted by Gasteiger charge is 2.15. The number of carbonyl (C=O) groups is 1. The zero-order valence-corrected chi connectivity index (χ0v) is 14.3. The molecule has 3 nitrogen and oxygen atoms in total. The van der Waals surface area contributed by atoms with E-state index in [1.54, 1.807) is 0 Å². The second kappa shape index (κ2) is 6.60. The Labute approximate surface area is 147 Å². The predicted molar refractivity (Wildman–Crippen MR) is 99.9 cm³/mol. The van der Waals surface area contributed by atoms with Gasteiger partial charge in [0.1, 0.15) is 5.75 Å². The van der Waals surface area contributed by atoms with E-state index in [-0.39, 0.29) is 11.9 Å². The van der Waals surface area contributed by atoms with E-state index in [1.165, 1.54) is 16.3 Å². The fourth-order valence-electron chi connectivity index (χ4n) is 3.39. The molecule has 1 amide bonds. The monoisotopic (exact) mass is 331 g/mol. The lowest BCUT2D eigenvalue weighted by molar-refractivity contribution is -0.121. The van der Waals surface area contributed by atoms with Gasteiger partial charge in [-0.25, -0.2) is 0 Å². The van der Waals surface area contributed by atoms with Gasteiger partial charge in [-0.3, -0.25) is 4.79 Å². The molecule has 1 heterocycles. The maximum Gasteiger partial charge on any atom is 0.224 e. The highest BCUT2D eigenvalue weighted by molar-refractivity contribution is 5.83. The van der Waals surface area contributed by atoms with Gasteiger partial charge in [-0.2, -0.15) is 0 Å². The SMILES string of the molecule is CC(NC(=O)Cc1ccc2c(c1)CCO2)c1ccc2ccccc2c1. The van der Waals surface area contributed by atoms with Crippen molar-refractivity contribution >= 4 is 16.7 Å². The lowest BCUT2D eigenvalue weighted by Crippen LogP contribution is -2.28. The van der Waals surface area contributed by atoms with Crippen molar-refractivity contribution in [1.29, 1.82) is 0 Å². The standard InChI is InChI=1S/C22H21NO2/c1-15(18-8-7-17-4-2-3-5-19(17)14-18)23-22(24)13-16-6-9-21-20(12-16)10-11-25-21/h2-9,12,14-15H,10-11,13H2,1H3,(H,23,24). The van der Waals surface area contributed by atoms with Crippen LogP contribution < -0.4 is 10.1 Å². The summed E-state index contributed by atoms with van der Waals surface area (Å²) < 4.78 is 5.52. The minimum atomic E-state index is -0.0186. The molecule has 3 heteroatoms. The van der Waals surface area contributed by atoms with E-state index in [4.69, 9.17) is 4.74 Å². The molecular weight excluding hydrogens is 310 g/mol. The number of ether oxygens (including phenoxy) is 1. The van der Waals surface area contributed by atoms with Gasteiger partial charge in [-0.05, 0) is 46.5 Å². The first kappa shape index (κ1) is 15.7. The summed E-state index contributed by atoms with van der Waals surface area (Å²) in [4.78, 5) is 12.4. The smallest absolute Gasteiger partial charge is 0.224 e. The molecule has 0 bridgehead atoms. The fraction of sp³-hybridized carbons (Fsp3) is 0.227. The molecule has 1 atom stereocenters. The summed E-state index contributed by atoms with van der Waals surface area (Å²) in [5, 5.41) is 5.51. The third-order valence-electron chi connectivity index (χ3n) is 4.77. The Balaban J connectivity index is 1.44. The quantitative estimate of drug-likeness (QED) is 0.778. The number of amides is 1. The molecule has 25 heavy (non-hydrogen) atoms. The third kappa shape index (κ3) is 3.36. The molecule has 3 aromatic carbocycles. The second-order valence-corrected chi connectivity index (χ2v) is 6.61. The van der Waals surface area contributed by atoms with Crippen LogP contribution in [-0.4, -0.2) is 12.5 Å². The second-order valence-electron chi connectivity index (χ2n) is 6.61. The van der Waals surface area contributed by atoms with E-state index in [0.717, 1.165) is 29.9 Å². The summed E-state index contributed by atoms with van der Waals surface area (Å²) in [5.41, 5.74) is 3.36. The molecule has 1 unspecified atom stereocenters. The third-order valence-corrected chi connectivity index (χ3v) is 4.77. The molecule has 126 valence electrons. The maximum atomic E-state index is 12.4. The Morgan fingerprint density at radius 3 is 2.80 bits per heavy atom. The van der Waals surface area contributed by atoms with Crippen LogP contribution in [0.15, 0.2) is 60.7 Å². The first-order chi connectivity index (χ1) is 12.2. The van der Waals surface area contributed by atoms with Gasteiger partial charge in [0.2, 0.25) is 5.91 Å². The molecule has 4 rings (SSSR count). The lowest BCUT2D eigenvalue weighted by atomic mass is 10.0. The van der Waals surface area contributed by atoms with Crippen LogP contribution in [0.5, 0.6) is 5.75 Å². The van der Waals surface area contributed by atoms with Gasteiger partial charge in [-0.15, -0.1) is 0 Å². The van der Waals surface area contributed by atoms with Gasteiger partial charge in [-0.1, -0.05) is 48.5 Å². The van der Waals surface area contributed by atoms with Crippen LogP contribution in [-0.2, 0) is 17.6 Å². The Morgan fingerprint density at radius 2 is 1.92 bits per heavy atom. The van der Waals surface area contributed by atoms with Crippen molar-refractivity contribution in [3.63, 3.8) is 0 Å². The van der Waals surface area contributed by atoms with Crippen LogP contribution in [0.1, 0.15) is 29.7 Å². The van der Waals surface area contributed by atoms with Crippen LogP contribution >= 0.6 is 0 Å². The number of hydrogen-bond acceptors (Lipinski definition) is 2. The topological polar surface area (TPSA) is 38.3 Å². The maximum absolute atomic E-state index is 12.4. The number of benzene rings is 3. The molecule has 0 spiro atoms. The summed E-state index contributed by atoms with van der Waals surface area (Å²) in [7, 11) is 0. The molecule has 0 fully saturated rings. The Kier molecular flexibility index (Phi) is 4.14. The van der Waals surface area contributed by atoms with E-state index in [2.05, 4.69) is 41.7 Å². The van der Waals surface area contributed by atoms with E-state index in [0.29, 0.717) is 6.42 Å². The van der Waals surface area contributed by atoms with Crippen LogP contribution in [0.25, 0.3) is 10.8 Å². The number of rotatable bonds is 4. The van der Waals surface area contributed by atoms with Crippen molar-refractivity contribution in [2.24, 2.45) is 0 Å². The van der Waals surface area contributed by atoms with Crippen molar-refractivity contribution in [2.75, 3.05) is 6.61 Å². The van der Waals surface area contributed by atoms with Gasteiger partial charge in [0.15, 0.2) is 0 Å². The molecule has 1 aliphatic heterocycles. The van der Waals surface area contributed by atoms with E-state index < -0.39 is 0 Å². The highest BCUT2D eigenvalue weighted by atomic mass is 16.5. The zero-order valence-electron chi connectivity index (χ0n) is 14.3. The van der Waals surface area contributed by atoms with Crippen LogP contribution in [0.3, 0.4) is 0 Å². The summed E-state index contributed by atoms with van der Waals surface area (Å²) in [6.45, 7) is 2.77. The molecule has 3 aromatic rings. The summed E-state index contributed by atoms with van der Waals surface area (Å²) >= 11 is 0. The summed E-state index contributed by atoms with van der Waals surface area (Å²) in [6, 6.07) is 20.6. The predicted octanol–water partition coefficient (Wildman–Crippen LogP) is 4.19. The molecule has 0 radical (unpaired) electrons. The van der Waals surface area contributed by atoms with E-state index >= 15 is 0 Å². The van der Waals surface area contributed by atoms with Gasteiger partial charge in [0, 0.05) is 6.42 Å². The van der Waals surface area contributed by atoms with Crippen molar-refractivity contribution in [1.82, 2.24) is 5.32 Å². The van der Waals surface area contributed by atoms with Crippen LogP contribution in [0, 0.1) is 0 Å². The van der Waals surface area contributed by atoms with E-state index in [1.807, 2.05) is 31.2 Å². The molecule has 1 N–H and O–H groups in total. The first-order valence-electron chi connectivity index (χ1n) is 8.72. The van der Waals surface area contributed by atoms with Crippen molar-refractivity contribution in [3.8, 4) is 5.75 Å². The number of hydrogen-bond donors (Lipinski definition) is 1. The highest BCUT2D eigenvalue weighted by Crippen LogP contribution is 2.26. The Hall–Kier alpha value is -2.81. The van der Waals surface area contributed by atoms with Gasteiger partial charge in [0.05, 0.1) is 19.1 Å². The Bertz CT molecular complexity index is 932. The molecule has 0 aliphatic carbocycles. The lowest BCUT2D eigenvalue weighted by Gasteiger charge is -2.15. The number of nitrogens with one attached hydrogen (secondary N) is 1. The normalized spacial score (nSPS) is 14.0. The van der Waals surface area contributed by atoms with Gasteiger partial charge in [0.25, 0.3) is 0 Å². The molecule has 1 aliphatic rings. The van der Waals surface area contributed by atoms with Crippen LogP contribution in [0.4, 0.5) is 0 Å². The number of fused-ring (bicyclic) bond motifs is 2. The number of carbonyl (C=O) groups excluding carboxylic acids is 1. The van der Waals surface area contributed by atoms with Gasteiger partial charge < -0.3 is 10.1 Å². The summed E-state index contributed by atoms with van der Waals surface area (Å²) in [6.07, 6.45) is 1.32. The average Bonchev–Trinajstić information content (AvgIpc) is 3.09. The average molecular weight is 331 g/mol. The van der Waals surface area contributed by atoms with Crippen LogP contribution in [0.2, 0.25) is 0 Å². The molecule has 0 saturated carbocycles. The molecule has 0 saturated heterocycles.